The fourth-order valence-electron chi connectivity index (χ4n) is 1.74. The van der Waals surface area contributed by atoms with E-state index in [2.05, 4.69) is 24.5 Å². The lowest BCUT2D eigenvalue weighted by molar-refractivity contribution is 0.0696. The first-order valence-corrected chi connectivity index (χ1v) is 6.74. The Labute approximate surface area is 119 Å². The van der Waals surface area contributed by atoms with Gasteiger partial charge >= 0.3 is 12.0 Å². The van der Waals surface area contributed by atoms with Crippen LogP contribution in [0, 0.1) is 19.8 Å². The molecule has 1 unspecified atom stereocenters. The number of nitrogens with one attached hydrogen (secondary N) is 2. The molecule has 0 saturated heterocycles. The molecule has 1 aromatic rings. The molecule has 1 rings (SSSR count). The summed E-state index contributed by atoms with van der Waals surface area (Å²) in [7, 11) is 0. The lowest BCUT2D eigenvalue weighted by Crippen LogP contribution is -2.32. The Balaban J connectivity index is 2.78. The van der Waals surface area contributed by atoms with Crippen molar-refractivity contribution in [2.45, 2.75) is 34.1 Å². The van der Waals surface area contributed by atoms with Gasteiger partial charge in [-0.3, -0.25) is 0 Å². The molecule has 0 fully saturated rings. The molecule has 0 aliphatic heterocycles. The van der Waals surface area contributed by atoms with Crippen LogP contribution >= 0.6 is 0 Å². The first-order chi connectivity index (χ1) is 9.35. The van der Waals surface area contributed by atoms with Crippen LogP contribution in [0.3, 0.4) is 0 Å². The molecule has 5 nitrogen and oxygen atoms in total. The van der Waals surface area contributed by atoms with E-state index in [1.807, 2.05) is 6.92 Å². The second kappa shape index (κ2) is 6.93. The van der Waals surface area contributed by atoms with Crippen LogP contribution in [0.2, 0.25) is 0 Å². The van der Waals surface area contributed by atoms with Gasteiger partial charge in [-0.15, -0.1) is 0 Å². The normalized spacial score (nSPS) is 11.8. The van der Waals surface area contributed by atoms with Gasteiger partial charge in [-0.05, 0) is 43.0 Å². The molecule has 0 radical (unpaired) electrons. The second-order valence-corrected chi connectivity index (χ2v) is 5.12. The number of anilines is 1. The maximum absolute atomic E-state index is 11.7. The number of urea groups is 1. The van der Waals surface area contributed by atoms with E-state index in [0.29, 0.717) is 23.7 Å². The molecule has 5 heteroatoms. The van der Waals surface area contributed by atoms with Crippen LogP contribution in [0.25, 0.3) is 0 Å². The van der Waals surface area contributed by atoms with E-state index < -0.39 is 5.97 Å². The minimum Gasteiger partial charge on any atom is -0.478 e. The van der Waals surface area contributed by atoms with E-state index in [9.17, 15) is 9.59 Å². The SMILES string of the molecule is CCC(C)CNC(=O)Nc1cc(C)c(C)c(C(=O)O)c1. The van der Waals surface area contributed by atoms with Gasteiger partial charge in [0.2, 0.25) is 0 Å². The van der Waals surface area contributed by atoms with Gasteiger partial charge in [0.1, 0.15) is 0 Å². The summed E-state index contributed by atoms with van der Waals surface area (Å²) in [5.74, 6) is -0.579. The molecule has 0 heterocycles. The van der Waals surface area contributed by atoms with Crippen LogP contribution in [0.4, 0.5) is 10.5 Å². The maximum Gasteiger partial charge on any atom is 0.336 e. The summed E-state index contributed by atoms with van der Waals surface area (Å²) in [6.45, 7) is 8.29. The summed E-state index contributed by atoms with van der Waals surface area (Å²) in [6, 6.07) is 2.93. The molecule has 2 amide bonds. The number of amides is 2. The van der Waals surface area contributed by atoms with E-state index in [4.69, 9.17) is 5.11 Å². The summed E-state index contributed by atoms with van der Waals surface area (Å²) >= 11 is 0. The number of aromatic carboxylic acids is 1. The Hall–Kier alpha value is -2.04. The zero-order valence-electron chi connectivity index (χ0n) is 12.4. The fraction of sp³-hybridized carbons (Fsp3) is 0.467. The smallest absolute Gasteiger partial charge is 0.336 e. The van der Waals surface area contributed by atoms with Crippen molar-refractivity contribution < 1.29 is 14.7 Å². The van der Waals surface area contributed by atoms with Crippen molar-refractivity contribution in [1.29, 1.82) is 0 Å². The number of benzene rings is 1. The van der Waals surface area contributed by atoms with Gasteiger partial charge in [0.15, 0.2) is 0 Å². The van der Waals surface area contributed by atoms with Crippen LogP contribution in [0.1, 0.15) is 41.8 Å². The third kappa shape index (κ3) is 4.26. The van der Waals surface area contributed by atoms with Gasteiger partial charge in [-0.25, -0.2) is 9.59 Å². The van der Waals surface area contributed by atoms with E-state index >= 15 is 0 Å². The number of rotatable bonds is 5. The maximum atomic E-state index is 11.7. The summed E-state index contributed by atoms with van der Waals surface area (Å²) in [4.78, 5) is 22.9. The second-order valence-electron chi connectivity index (χ2n) is 5.12. The van der Waals surface area contributed by atoms with E-state index in [1.165, 1.54) is 6.07 Å². The Bertz CT molecular complexity index is 512. The van der Waals surface area contributed by atoms with Crippen LogP contribution in [-0.2, 0) is 0 Å². The molecule has 1 aromatic carbocycles. The van der Waals surface area contributed by atoms with E-state index in [0.717, 1.165) is 12.0 Å². The van der Waals surface area contributed by atoms with Gasteiger partial charge in [-0.1, -0.05) is 20.3 Å². The van der Waals surface area contributed by atoms with Crippen molar-refractivity contribution >= 4 is 17.7 Å². The molecular formula is C15H22N2O3. The van der Waals surface area contributed by atoms with Gasteiger partial charge in [0, 0.05) is 12.2 Å². The molecule has 1 atom stereocenters. The molecule has 0 saturated carbocycles. The molecule has 20 heavy (non-hydrogen) atoms. The number of carboxylic acids is 1. The number of carbonyl (C=O) groups is 2. The zero-order chi connectivity index (χ0) is 15.3. The van der Waals surface area contributed by atoms with E-state index in [1.54, 1.807) is 13.0 Å². The molecule has 0 aromatic heterocycles. The summed E-state index contributed by atoms with van der Waals surface area (Å²) in [5, 5.41) is 14.6. The monoisotopic (exact) mass is 278 g/mol. The van der Waals surface area contributed by atoms with Crippen molar-refractivity contribution in [3.63, 3.8) is 0 Å². The first-order valence-electron chi connectivity index (χ1n) is 6.74. The van der Waals surface area contributed by atoms with Gasteiger partial charge < -0.3 is 15.7 Å². The van der Waals surface area contributed by atoms with Gasteiger partial charge in [0.25, 0.3) is 0 Å². The van der Waals surface area contributed by atoms with Crippen molar-refractivity contribution in [1.82, 2.24) is 5.32 Å². The van der Waals surface area contributed by atoms with Crippen molar-refractivity contribution in [2.24, 2.45) is 5.92 Å². The highest BCUT2D eigenvalue weighted by Gasteiger charge is 2.12. The van der Waals surface area contributed by atoms with Gasteiger partial charge in [0.05, 0.1) is 5.56 Å². The molecular weight excluding hydrogens is 256 g/mol. The fourth-order valence-corrected chi connectivity index (χ4v) is 1.74. The third-order valence-corrected chi connectivity index (χ3v) is 3.46. The van der Waals surface area contributed by atoms with Crippen LogP contribution in [0.5, 0.6) is 0 Å². The third-order valence-electron chi connectivity index (χ3n) is 3.46. The average Bonchev–Trinajstić information content (AvgIpc) is 2.39. The molecule has 0 bridgehead atoms. The minimum absolute atomic E-state index is 0.210. The number of hydrogen-bond donors (Lipinski definition) is 3. The van der Waals surface area contributed by atoms with Crippen LogP contribution < -0.4 is 10.6 Å². The Morgan fingerprint density at radius 3 is 2.50 bits per heavy atom. The van der Waals surface area contributed by atoms with Crippen LogP contribution in [0.15, 0.2) is 12.1 Å². The highest BCUT2D eigenvalue weighted by Crippen LogP contribution is 2.20. The standard InChI is InChI=1S/C15H22N2O3/c1-5-9(2)8-16-15(20)17-12-6-10(3)11(4)13(7-12)14(18)19/h6-7,9H,5,8H2,1-4H3,(H,18,19)(H2,16,17,20). The predicted molar refractivity (Wildman–Crippen MR) is 79.4 cm³/mol. The minimum atomic E-state index is -0.991. The Morgan fingerprint density at radius 2 is 1.95 bits per heavy atom. The lowest BCUT2D eigenvalue weighted by atomic mass is 10.0. The molecule has 3 N–H and O–H groups in total. The Kier molecular flexibility index (Phi) is 5.55. The number of hydrogen-bond acceptors (Lipinski definition) is 2. The highest BCUT2D eigenvalue weighted by atomic mass is 16.4. The topological polar surface area (TPSA) is 78.4 Å². The van der Waals surface area contributed by atoms with Crippen LogP contribution in [-0.4, -0.2) is 23.7 Å². The first kappa shape index (κ1) is 16.0. The zero-order valence-corrected chi connectivity index (χ0v) is 12.4. The average molecular weight is 278 g/mol. The van der Waals surface area contributed by atoms with Crippen molar-refractivity contribution in [3.8, 4) is 0 Å². The summed E-state index contributed by atoms with van der Waals surface area (Å²) in [6.07, 6.45) is 0.993. The summed E-state index contributed by atoms with van der Waals surface area (Å²) < 4.78 is 0. The van der Waals surface area contributed by atoms with E-state index in [-0.39, 0.29) is 11.6 Å². The van der Waals surface area contributed by atoms with Crippen molar-refractivity contribution in [3.05, 3.63) is 28.8 Å². The molecule has 110 valence electrons. The highest BCUT2D eigenvalue weighted by molar-refractivity contribution is 5.94. The van der Waals surface area contributed by atoms with Crippen molar-refractivity contribution in [2.75, 3.05) is 11.9 Å². The quantitative estimate of drug-likeness (QED) is 0.774. The lowest BCUT2D eigenvalue weighted by Gasteiger charge is -2.13. The summed E-state index contributed by atoms with van der Waals surface area (Å²) in [5.41, 5.74) is 2.25. The molecule has 0 aliphatic carbocycles. The van der Waals surface area contributed by atoms with Gasteiger partial charge in [-0.2, -0.15) is 0 Å². The number of carboxylic acid groups (broad SMARTS) is 1. The molecule has 0 spiro atoms. The number of carbonyl (C=O) groups excluding carboxylic acids is 1. The predicted octanol–water partition coefficient (Wildman–Crippen LogP) is 3.17. The number of aryl methyl sites for hydroxylation is 1. The largest absolute Gasteiger partial charge is 0.478 e. The Morgan fingerprint density at radius 1 is 1.30 bits per heavy atom. The molecule has 0 aliphatic rings.